The molecule has 1 unspecified atom stereocenters. The van der Waals surface area contributed by atoms with Crippen LogP contribution in [0.4, 0.5) is 0 Å². The molecular weight excluding hydrogens is 294 g/mol. The zero-order valence-electron chi connectivity index (χ0n) is 13.2. The molecule has 23 heavy (non-hydrogen) atoms. The van der Waals surface area contributed by atoms with Crippen LogP contribution in [0.1, 0.15) is 49.1 Å². The highest BCUT2D eigenvalue weighted by Gasteiger charge is 2.41. The van der Waals surface area contributed by atoms with Crippen LogP contribution in [-0.4, -0.2) is 35.7 Å². The second-order valence-corrected chi connectivity index (χ2v) is 6.54. The smallest absolute Gasteiger partial charge is 0.329 e. The molecule has 1 heterocycles. The molecule has 0 saturated carbocycles. The number of hydrogen-bond donors (Lipinski definition) is 2. The minimum absolute atomic E-state index is 0.170. The monoisotopic (exact) mass is 317 g/mol. The maximum absolute atomic E-state index is 12.5. The first-order valence-corrected chi connectivity index (χ1v) is 8.31. The number of aliphatic carboxylic acids is 1. The van der Waals surface area contributed by atoms with E-state index in [1.54, 1.807) is 0 Å². The molecule has 0 radical (unpaired) electrons. The third-order valence-electron chi connectivity index (χ3n) is 5.06. The fraction of sp³-hybridized carbons (Fsp3) is 0.556. The second kappa shape index (κ2) is 6.71. The van der Waals surface area contributed by atoms with Crippen LogP contribution in [0.5, 0.6) is 0 Å². The summed E-state index contributed by atoms with van der Waals surface area (Å²) >= 11 is 0. The molecular formula is C18H23NO4. The summed E-state index contributed by atoms with van der Waals surface area (Å²) in [4.78, 5) is 24.1. The normalized spacial score (nSPS) is 22.9. The van der Waals surface area contributed by atoms with E-state index < -0.39 is 11.5 Å². The van der Waals surface area contributed by atoms with E-state index >= 15 is 0 Å². The lowest BCUT2D eigenvalue weighted by molar-refractivity contribution is -0.152. The SMILES string of the molecule is O=C(CC1CCCc2ccccc21)NC1(C(=O)O)CCOCC1. The Hall–Kier alpha value is -1.88. The standard InChI is InChI=1S/C18H23NO4/c20-16(19-18(17(21)22)8-10-23-11-9-18)12-14-6-3-5-13-4-1-2-7-15(13)14/h1-2,4,7,14H,3,5-6,8-12H2,(H,19,20)(H,21,22). The molecule has 1 amide bonds. The van der Waals surface area contributed by atoms with Gasteiger partial charge in [-0.05, 0) is 36.3 Å². The first kappa shape index (κ1) is 16.0. The van der Waals surface area contributed by atoms with E-state index in [1.807, 2.05) is 12.1 Å². The molecule has 5 heteroatoms. The number of carboxylic acid groups (broad SMARTS) is 1. The molecule has 2 aliphatic rings. The third kappa shape index (κ3) is 3.39. The molecule has 1 aromatic rings. The number of fused-ring (bicyclic) bond motifs is 1. The van der Waals surface area contributed by atoms with Gasteiger partial charge in [0.05, 0.1) is 0 Å². The fourth-order valence-corrected chi connectivity index (χ4v) is 3.72. The molecule has 0 spiro atoms. The summed E-state index contributed by atoms with van der Waals surface area (Å²) in [6.07, 6.45) is 4.13. The first-order chi connectivity index (χ1) is 11.1. The Balaban J connectivity index is 1.69. The molecule has 2 N–H and O–H groups in total. The largest absolute Gasteiger partial charge is 0.480 e. The van der Waals surface area contributed by atoms with Gasteiger partial charge in [0.25, 0.3) is 0 Å². The van der Waals surface area contributed by atoms with Gasteiger partial charge in [-0.1, -0.05) is 24.3 Å². The molecule has 0 aromatic heterocycles. The van der Waals surface area contributed by atoms with Crippen molar-refractivity contribution in [1.82, 2.24) is 5.32 Å². The maximum Gasteiger partial charge on any atom is 0.329 e. The van der Waals surface area contributed by atoms with Crippen molar-refractivity contribution in [2.75, 3.05) is 13.2 Å². The van der Waals surface area contributed by atoms with Gasteiger partial charge in [-0.3, -0.25) is 4.79 Å². The van der Waals surface area contributed by atoms with Gasteiger partial charge in [-0.15, -0.1) is 0 Å². The molecule has 1 aromatic carbocycles. The predicted molar refractivity (Wildman–Crippen MR) is 85.3 cm³/mol. The van der Waals surface area contributed by atoms with Crippen LogP contribution in [0.15, 0.2) is 24.3 Å². The zero-order valence-corrected chi connectivity index (χ0v) is 13.2. The van der Waals surface area contributed by atoms with Crippen LogP contribution in [0.25, 0.3) is 0 Å². The number of rotatable bonds is 4. The van der Waals surface area contributed by atoms with Gasteiger partial charge < -0.3 is 15.2 Å². The average molecular weight is 317 g/mol. The highest BCUT2D eigenvalue weighted by Crippen LogP contribution is 2.34. The molecule has 5 nitrogen and oxygen atoms in total. The van der Waals surface area contributed by atoms with Gasteiger partial charge in [0.1, 0.15) is 5.54 Å². The molecule has 1 aliphatic heterocycles. The summed E-state index contributed by atoms with van der Waals surface area (Å²) in [5, 5.41) is 12.3. The summed E-state index contributed by atoms with van der Waals surface area (Å²) in [7, 11) is 0. The Morgan fingerprint density at radius 1 is 1.26 bits per heavy atom. The topological polar surface area (TPSA) is 75.6 Å². The van der Waals surface area contributed by atoms with E-state index in [9.17, 15) is 14.7 Å². The predicted octanol–water partition coefficient (Wildman–Crippen LogP) is 2.25. The van der Waals surface area contributed by atoms with Crippen molar-refractivity contribution in [3.8, 4) is 0 Å². The lowest BCUT2D eigenvalue weighted by Gasteiger charge is -2.34. The van der Waals surface area contributed by atoms with Gasteiger partial charge in [-0.25, -0.2) is 4.79 Å². The Morgan fingerprint density at radius 2 is 2.00 bits per heavy atom. The Kier molecular flexibility index (Phi) is 4.66. The number of hydrogen-bond acceptors (Lipinski definition) is 3. The van der Waals surface area contributed by atoms with Crippen LogP contribution < -0.4 is 5.32 Å². The quantitative estimate of drug-likeness (QED) is 0.893. The molecule has 0 bridgehead atoms. The number of carboxylic acids is 1. The Bertz CT molecular complexity index is 592. The van der Waals surface area contributed by atoms with Crippen molar-refractivity contribution < 1.29 is 19.4 Å². The number of carbonyl (C=O) groups excluding carboxylic acids is 1. The van der Waals surface area contributed by atoms with Crippen molar-refractivity contribution in [3.63, 3.8) is 0 Å². The van der Waals surface area contributed by atoms with Crippen molar-refractivity contribution in [1.29, 1.82) is 0 Å². The van der Waals surface area contributed by atoms with Gasteiger partial charge in [0.15, 0.2) is 0 Å². The number of benzene rings is 1. The van der Waals surface area contributed by atoms with E-state index in [2.05, 4.69) is 17.4 Å². The summed E-state index contributed by atoms with van der Waals surface area (Å²) in [5.74, 6) is -0.945. The van der Waals surface area contributed by atoms with Crippen LogP contribution in [0, 0.1) is 0 Å². The summed E-state index contributed by atoms with van der Waals surface area (Å²) < 4.78 is 5.24. The van der Waals surface area contributed by atoms with Crippen LogP contribution in [0.2, 0.25) is 0 Å². The van der Waals surface area contributed by atoms with Gasteiger partial charge >= 0.3 is 5.97 Å². The van der Waals surface area contributed by atoms with Crippen molar-refractivity contribution in [3.05, 3.63) is 35.4 Å². The highest BCUT2D eigenvalue weighted by molar-refractivity contribution is 5.87. The van der Waals surface area contributed by atoms with Crippen molar-refractivity contribution in [2.24, 2.45) is 0 Å². The maximum atomic E-state index is 12.5. The molecule has 1 fully saturated rings. The number of amides is 1. The van der Waals surface area contributed by atoms with E-state index in [1.165, 1.54) is 11.1 Å². The minimum atomic E-state index is -1.16. The zero-order chi connectivity index (χ0) is 16.3. The molecule has 1 atom stereocenters. The summed E-state index contributed by atoms with van der Waals surface area (Å²) in [6.45, 7) is 0.748. The summed E-state index contributed by atoms with van der Waals surface area (Å²) in [5.41, 5.74) is 1.39. The van der Waals surface area contributed by atoms with E-state index in [-0.39, 0.29) is 11.8 Å². The summed E-state index contributed by atoms with van der Waals surface area (Å²) in [6, 6.07) is 8.25. The van der Waals surface area contributed by atoms with Gasteiger partial charge in [0, 0.05) is 32.5 Å². The van der Waals surface area contributed by atoms with Crippen LogP contribution >= 0.6 is 0 Å². The van der Waals surface area contributed by atoms with E-state index in [4.69, 9.17) is 4.74 Å². The highest BCUT2D eigenvalue weighted by atomic mass is 16.5. The fourth-order valence-electron chi connectivity index (χ4n) is 3.72. The third-order valence-corrected chi connectivity index (χ3v) is 5.06. The minimum Gasteiger partial charge on any atom is -0.480 e. The van der Waals surface area contributed by atoms with Gasteiger partial charge in [0.2, 0.25) is 5.91 Å². The van der Waals surface area contributed by atoms with Gasteiger partial charge in [-0.2, -0.15) is 0 Å². The Labute approximate surface area is 136 Å². The van der Waals surface area contributed by atoms with E-state index in [0.29, 0.717) is 32.5 Å². The van der Waals surface area contributed by atoms with E-state index in [0.717, 1.165) is 19.3 Å². The van der Waals surface area contributed by atoms with Crippen molar-refractivity contribution >= 4 is 11.9 Å². The average Bonchev–Trinajstić information content (AvgIpc) is 2.56. The molecule has 1 saturated heterocycles. The number of nitrogens with one attached hydrogen (secondary N) is 1. The second-order valence-electron chi connectivity index (χ2n) is 6.54. The lowest BCUT2D eigenvalue weighted by atomic mass is 9.80. The Morgan fingerprint density at radius 3 is 2.74 bits per heavy atom. The number of ether oxygens (including phenoxy) is 1. The van der Waals surface area contributed by atoms with Crippen molar-refractivity contribution in [2.45, 2.75) is 50.0 Å². The number of aryl methyl sites for hydroxylation is 1. The molecule has 3 rings (SSSR count). The lowest BCUT2D eigenvalue weighted by Crippen LogP contribution is -2.57. The number of carbonyl (C=O) groups is 2. The molecule has 124 valence electrons. The van der Waals surface area contributed by atoms with Crippen LogP contribution in [0.3, 0.4) is 0 Å². The van der Waals surface area contributed by atoms with Crippen LogP contribution in [-0.2, 0) is 20.7 Å². The first-order valence-electron chi connectivity index (χ1n) is 8.31. The molecule has 1 aliphatic carbocycles.